The lowest BCUT2D eigenvalue weighted by atomic mass is 10.1. The molecule has 3 aromatic rings. The Kier molecular flexibility index (Phi) is 6.79. The monoisotopic (exact) mass is 471 g/mol. The lowest BCUT2D eigenvalue weighted by Crippen LogP contribution is -2.36. The van der Waals surface area contributed by atoms with Crippen molar-refractivity contribution in [1.82, 2.24) is 15.5 Å². The summed E-state index contributed by atoms with van der Waals surface area (Å²) in [5.74, 6) is 11.7. The topological polar surface area (TPSA) is 123 Å². The first-order chi connectivity index (χ1) is 16.9. The minimum Gasteiger partial charge on any atom is -0.497 e. The standard InChI is InChI=1S/C26H25N5O4/c1-4-5-23(32)28-17-10-11-31(15-17)22-9-7-20(26(27)33)25-24(22)21(29-30-25)8-6-16-12-18(34-2)14-19(13-16)35-3/h7,9,12-14,17H,10-11,15H2,1-3H3,(H2,27,33)(H,28,32)(H,29,30)/t17-/m1/s1. The fourth-order valence-electron chi connectivity index (χ4n) is 4.12. The fraction of sp³-hybridized carbons (Fsp3) is 0.269. The van der Waals surface area contributed by atoms with Gasteiger partial charge in [-0.25, -0.2) is 0 Å². The molecular formula is C26H25N5O4. The van der Waals surface area contributed by atoms with E-state index in [0.29, 0.717) is 52.3 Å². The van der Waals surface area contributed by atoms with E-state index in [4.69, 9.17) is 15.2 Å². The van der Waals surface area contributed by atoms with Gasteiger partial charge in [0.05, 0.1) is 30.7 Å². The van der Waals surface area contributed by atoms with E-state index in [0.717, 1.165) is 12.1 Å². The number of primary amides is 1. The number of aromatic amines is 1. The number of methoxy groups -OCH3 is 2. The Morgan fingerprint density at radius 1 is 1.17 bits per heavy atom. The molecule has 4 rings (SSSR count). The average Bonchev–Trinajstić information content (AvgIpc) is 3.49. The number of H-pyrrole nitrogens is 1. The number of carbonyl (C=O) groups excluding carboxylic acids is 2. The largest absolute Gasteiger partial charge is 0.497 e. The number of amides is 2. The van der Waals surface area contributed by atoms with Crippen molar-refractivity contribution in [2.24, 2.45) is 5.73 Å². The molecule has 0 aliphatic carbocycles. The van der Waals surface area contributed by atoms with Gasteiger partial charge in [-0.1, -0.05) is 11.8 Å². The summed E-state index contributed by atoms with van der Waals surface area (Å²) in [5.41, 5.74) is 8.46. The van der Waals surface area contributed by atoms with Crippen molar-refractivity contribution in [3.8, 4) is 35.2 Å². The van der Waals surface area contributed by atoms with Gasteiger partial charge in [0.2, 0.25) is 0 Å². The molecule has 0 bridgehead atoms. The maximum Gasteiger partial charge on any atom is 0.296 e. The number of aromatic nitrogens is 2. The van der Waals surface area contributed by atoms with Gasteiger partial charge in [0.25, 0.3) is 11.8 Å². The van der Waals surface area contributed by atoms with Crippen LogP contribution in [0.2, 0.25) is 0 Å². The highest BCUT2D eigenvalue weighted by Gasteiger charge is 2.27. The molecule has 2 heterocycles. The summed E-state index contributed by atoms with van der Waals surface area (Å²) in [6, 6.07) is 8.84. The van der Waals surface area contributed by atoms with Gasteiger partial charge in [0.1, 0.15) is 17.2 Å². The van der Waals surface area contributed by atoms with Crippen molar-refractivity contribution >= 4 is 28.4 Å². The molecule has 0 spiro atoms. The molecule has 1 atom stereocenters. The lowest BCUT2D eigenvalue weighted by Gasteiger charge is -2.20. The van der Waals surface area contributed by atoms with Gasteiger partial charge in [-0.15, -0.1) is 0 Å². The van der Waals surface area contributed by atoms with Gasteiger partial charge in [-0.3, -0.25) is 14.7 Å². The van der Waals surface area contributed by atoms with Crippen molar-refractivity contribution in [3.05, 3.63) is 47.2 Å². The summed E-state index contributed by atoms with van der Waals surface area (Å²) >= 11 is 0. The van der Waals surface area contributed by atoms with Crippen LogP contribution in [-0.4, -0.2) is 55.4 Å². The Labute approximate surface area is 203 Å². The van der Waals surface area contributed by atoms with Gasteiger partial charge in [0.15, 0.2) is 0 Å². The van der Waals surface area contributed by atoms with Gasteiger partial charge >= 0.3 is 0 Å². The second kappa shape index (κ2) is 10.1. The van der Waals surface area contributed by atoms with Crippen molar-refractivity contribution in [2.45, 2.75) is 19.4 Å². The molecule has 0 radical (unpaired) electrons. The predicted molar refractivity (Wildman–Crippen MR) is 132 cm³/mol. The molecule has 1 aromatic heterocycles. The third kappa shape index (κ3) is 4.99. The van der Waals surface area contributed by atoms with Crippen LogP contribution in [0.4, 0.5) is 5.69 Å². The van der Waals surface area contributed by atoms with Crippen LogP contribution < -0.4 is 25.4 Å². The van der Waals surface area contributed by atoms with Gasteiger partial charge in [0, 0.05) is 36.4 Å². The molecule has 0 unspecified atom stereocenters. The van der Waals surface area contributed by atoms with Crippen LogP contribution in [0.3, 0.4) is 0 Å². The zero-order valence-electron chi connectivity index (χ0n) is 19.7. The van der Waals surface area contributed by atoms with Crippen molar-refractivity contribution < 1.29 is 19.1 Å². The molecule has 1 saturated heterocycles. The first kappa shape index (κ1) is 23.5. The first-order valence-electron chi connectivity index (χ1n) is 11.0. The van der Waals surface area contributed by atoms with E-state index in [1.165, 1.54) is 0 Å². The normalized spacial score (nSPS) is 14.5. The number of carbonyl (C=O) groups is 2. The highest BCUT2D eigenvalue weighted by Crippen LogP contribution is 2.33. The minimum atomic E-state index is -0.563. The zero-order valence-corrected chi connectivity index (χ0v) is 19.7. The van der Waals surface area contributed by atoms with Crippen LogP contribution in [-0.2, 0) is 4.79 Å². The van der Waals surface area contributed by atoms with Crippen LogP contribution >= 0.6 is 0 Å². The molecule has 1 aliphatic rings. The molecule has 1 fully saturated rings. The Balaban J connectivity index is 1.74. The molecule has 2 aromatic carbocycles. The SMILES string of the molecule is CC#CC(=O)N[C@@H]1CCN(c2ccc(C(N)=O)c3[nH]nc(C#Cc4cc(OC)cc(OC)c4)c23)C1. The van der Waals surface area contributed by atoms with E-state index < -0.39 is 5.91 Å². The highest BCUT2D eigenvalue weighted by molar-refractivity contribution is 6.09. The smallest absolute Gasteiger partial charge is 0.296 e. The van der Waals surface area contributed by atoms with Crippen LogP contribution in [0.25, 0.3) is 10.9 Å². The molecule has 0 saturated carbocycles. The lowest BCUT2D eigenvalue weighted by molar-refractivity contribution is -0.116. The first-order valence-corrected chi connectivity index (χ1v) is 11.0. The quantitative estimate of drug-likeness (QED) is 0.488. The van der Waals surface area contributed by atoms with E-state index in [-0.39, 0.29) is 11.9 Å². The molecule has 35 heavy (non-hydrogen) atoms. The molecule has 9 heteroatoms. The number of fused-ring (bicyclic) bond motifs is 1. The number of anilines is 1. The number of ether oxygens (including phenoxy) is 2. The van der Waals surface area contributed by atoms with E-state index in [1.54, 1.807) is 45.4 Å². The summed E-state index contributed by atoms with van der Waals surface area (Å²) in [6.07, 6.45) is 0.763. The second-order valence-corrected chi connectivity index (χ2v) is 7.95. The number of nitrogens with two attached hydrogens (primary N) is 1. The molecular weight excluding hydrogens is 446 g/mol. The third-order valence-electron chi connectivity index (χ3n) is 5.74. The fourth-order valence-corrected chi connectivity index (χ4v) is 4.12. The van der Waals surface area contributed by atoms with E-state index in [1.807, 2.05) is 6.07 Å². The Hall–Kier alpha value is -4.63. The molecule has 4 N–H and O–H groups in total. The summed E-state index contributed by atoms with van der Waals surface area (Å²) < 4.78 is 10.6. The summed E-state index contributed by atoms with van der Waals surface area (Å²) in [5, 5.41) is 10.9. The number of nitrogens with one attached hydrogen (secondary N) is 2. The molecule has 2 amide bonds. The maximum absolute atomic E-state index is 12.0. The highest BCUT2D eigenvalue weighted by atomic mass is 16.5. The second-order valence-electron chi connectivity index (χ2n) is 7.95. The Bertz CT molecular complexity index is 1400. The van der Waals surface area contributed by atoms with Crippen LogP contribution in [0, 0.1) is 23.7 Å². The number of benzene rings is 2. The van der Waals surface area contributed by atoms with Crippen molar-refractivity contribution in [1.29, 1.82) is 0 Å². The average molecular weight is 472 g/mol. The van der Waals surface area contributed by atoms with Crippen molar-refractivity contribution in [3.63, 3.8) is 0 Å². The van der Waals surface area contributed by atoms with Gasteiger partial charge in [-0.05, 0) is 49.5 Å². The summed E-state index contributed by atoms with van der Waals surface area (Å²) in [7, 11) is 3.15. The molecule has 9 nitrogen and oxygen atoms in total. The van der Waals surface area contributed by atoms with Crippen molar-refractivity contribution in [2.75, 3.05) is 32.2 Å². The Morgan fingerprint density at radius 3 is 2.57 bits per heavy atom. The minimum absolute atomic E-state index is 0.0418. The molecule has 1 aliphatic heterocycles. The third-order valence-corrected chi connectivity index (χ3v) is 5.74. The van der Waals surface area contributed by atoms with Crippen LogP contribution in [0.15, 0.2) is 30.3 Å². The van der Waals surface area contributed by atoms with E-state index >= 15 is 0 Å². The number of hydrogen-bond donors (Lipinski definition) is 3. The number of rotatable bonds is 5. The van der Waals surface area contributed by atoms with Gasteiger partial charge < -0.3 is 25.4 Å². The predicted octanol–water partition coefficient (Wildman–Crippen LogP) is 1.80. The zero-order chi connectivity index (χ0) is 24.9. The van der Waals surface area contributed by atoms with E-state index in [2.05, 4.69) is 44.1 Å². The molecule has 178 valence electrons. The van der Waals surface area contributed by atoms with Gasteiger partial charge in [-0.2, -0.15) is 5.10 Å². The summed E-state index contributed by atoms with van der Waals surface area (Å²) in [6.45, 7) is 2.93. The van der Waals surface area contributed by atoms with E-state index in [9.17, 15) is 9.59 Å². The number of nitrogens with zero attached hydrogens (tertiary/aromatic N) is 2. The maximum atomic E-state index is 12.0. The van der Waals surface area contributed by atoms with Crippen LogP contribution in [0.5, 0.6) is 11.5 Å². The van der Waals surface area contributed by atoms with Crippen LogP contribution in [0.1, 0.15) is 35.0 Å². The Morgan fingerprint density at radius 2 is 1.91 bits per heavy atom. The number of hydrogen-bond acceptors (Lipinski definition) is 6. The summed E-state index contributed by atoms with van der Waals surface area (Å²) in [4.78, 5) is 26.1.